The number of benzene rings is 1. The highest BCUT2D eigenvalue weighted by molar-refractivity contribution is 5.83. The molecule has 2 rings (SSSR count). The molecule has 1 saturated carbocycles. The van der Waals surface area contributed by atoms with Crippen LogP contribution < -0.4 is 5.43 Å². The Kier molecular flexibility index (Phi) is 4.98. The van der Waals surface area contributed by atoms with Crippen LogP contribution >= 0.6 is 0 Å². The maximum Gasteiger partial charge on any atom is 0.416 e. The van der Waals surface area contributed by atoms with E-state index in [9.17, 15) is 18.0 Å². The largest absolute Gasteiger partial charge is 0.416 e. The van der Waals surface area contributed by atoms with Crippen molar-refractivity contribution in [3.8, 4) is 0 Å². The van der Waals surface area contributed by atoms with Gasteiger partial charge in [-0.15, -0.1) is 0 Å². The number of nitrogens with zero attached hydrogens (tertiary/aromatic N) is 1. The average Bonchev–Trinajstić information content (AvgIpc) is 2.47. The number of rotatable bonds is 3. The standard InChI is InChI=1S/C15H17F3N2O/c16-15(17,18)13-8-4-5-11(9-13)10-19-20-14(21)12-6-2-1-3-7-12/h4-5,8-10,12H,1-3,6-7H2,(H,20,21)/b19-10+. The molecule has 1 aliphatic rings. The monoisotopic (exact) mass is 298 g/mol. The third-order valence-corrected chi connectivity index (χ3v) is 3.58. The van der Waals surface area contributed by atoms with Crippen LogP contribution in [0.1, 0.15) is 43.2 Å². The van der Waals surface area contributed by atoms with Gasteiger partial charge in [-0.05, 0) is 30.5 Å². The van der Waals surface area contributed by atoms with Gasteiger partial charge in [-0.25, -0.2) is 5.43 Å². The van der Waals surface area contributed by atoms with Crippen molar-refractivity contribution in [1.29, 1.82) is 0 Å². The van der Waals surface area contributed by atoms with Crippen molar-refractivity contribution < 1.29 is 18.0 Å². The molecule has 1 N–H and O–H groups in total. The molecule has 0 spiro atoms. The first-order valence-corrected chi connectivity index (χ1v) is 6.97. The maximum atomic E-state index is 12.5. The van der Waals surface area contributed by atoms with Crippen molar-refractivity contribution in [1.82, 2.24) is 5.43 Å². The summed E-state index contributed by atoms with van der Waals surface area (Å²) in [4.78, 5) is 11.8. The number of hydrogen-bond donors (Lipinski definition) is 1. The minimum Gasteiger partial charge on any atom is -0.273 e. The van der Waals surface area contributed by atoms with Gasteiger partial charge in [0, 0.05) is 5.92 Å². The van der Waals surface area contributed by atoms with E-state index in [0.29, 0.717) is 5.56 Å². The minimum absolute atomic E-state index is 0.0302. The van der Waals surface area contributed by atoms with Crippen LogP contribution in [0, 0.1) is 5.92 Å². The summed E-state index contributed by atoms with van der Waals surface area (Å²) in [5.74, 6) is -0.185. The fourth-order valence-electron chi connectivity index (χ4n) is 2.42. The normalized spacial score (nSPS) is 17.1. The van der Waals surface area contributed by atoms with Crippen molar-refractivity contribution in [2.24, 2.45) is 11.0 Å². The first kappa shape index (κ1) is 15.5. The number of carbonyl (C=O) groups excluding carboxylic acids is 1. The first-order valence-electron chi connectivity index (χ1n) is 6.97. The highest BCUT2D eigenvalue weighted by Gasteiger charge is 2.30. The van der Waals surface area contributed by atoms with Crippen molar-refractivity contribution >= 4 is 12.1 Å². The molecule has 0 saturated heterocycles. The zero-order valence-electron chi connectivity index (χ0n) is 11.5. The zero-order valence-corrected chi connectivity index (χ0v) is 11.5. The molecule has 0 aliphatic heterocycles. The average molecular weight is 298 g/mol. The molecule has 1 aromatic rings. The SMILES string of the molecule is O=C(N/N=C/c1cccc(C(F)(F)F)c1)C1CCCCC1. The first-order chi connectivity index (χ1) is 9.97. The lowest BCUT2D eigenvalue weighted by Gasteiger charge is -2.19. The van der Waals surface area contributed by atoms with Crippen LogP contribution in [0.15, 0.2) is 29.4 Å². The van der Waals surface area contributed by atoms with Crippen LogP contribution in [0.2, 0.25) is 0 Å². The molecule has 1 amide bonds. The van der Waals surface area contributed by atoms with E-state index in [4.69, 9.17) is 0 Å². The van der Waals surface area contributed by atoms with Gasteiger partial charge in [0.25, 0.3) is 0 Å². The molecule has 1 fully saturated rings. The van der Waals surface area contributed by atoms with E-state index in [0.717, 1.165) is 44.2 Å². The quantitative estimate of drug-likeness (QED) is 0.670. The van der Waals surface area contributed by atoms with Gasteiger partial charge >= 0.3 is 6.18 Å². The number of hydrogen-bond acceptors (Lipinski definition) is 2. The molecular weight excluding hydrogens is 281 g/mol. The maximum absolute atomic E-state index is 12.5. The predicted octanol–water partition coefficient (Wildman–Crippen LogP) is 3.74. The second kappa shape index (κ2) is 6.74. The second-order valence-electron chi connectivity index (χ2n) is 5.19. The van der Waals surface area contributed by atoms with Crippen LogP contribution in [0.4, 0.5) is 13.2 Å². The van der Waals surface area contributed by atoms with E-state index in [-0.39, 0.29) is 11.8 Å². The summed E-state index contributed by atoms with van der Waals surface area (Å²) in [5, 5.41) is 3.75. The van der Waals surface area contributed by atoms with E-state index in [1.165, 1.54) is 18.3 Å². The summed E-state index contributed by atoms with van der Waals surface area (Å²) in [6.45, 7) is 0. The van der Waals surface area contributed by atoms with Crippen molar-refractivity contribution in [3.63, 3.8) is 0 Å². The van der Waals surface area contributed by atoms with Crippen LogP contribution in [0.3, 0.4) is 0 Å². The van der Waals surface area contributed by atoms with E-state index >= 15 is 0 Å². The molecule has 114 valence electrons. The highest BCUT2D eigenvalue weighted by atomic mass is 19.4. The molecular formula is C15H17F3N2O. The lowest BCUT2D eigenvalue weighted by Crippen LogP contribution is -2.28. The smallest absolute Gasteiger partial charge is 0.273 e. The molecule has 1 aromatic carbocycles. The Morgan fingerprint density at radius 3 is 2.62 bits per heavy atom. The number of alkyl halides is 3. The Labute approximate surface area is 121 Å². The van der Waals surface area contributed by atoms with Crippen LogP contribution in [0.5, 0.6) is 0 Å². The molecule has 3 nitrogen and oxygen atoms in total. The van der Waals surface area contributed by atoms with Gasteiger partial charge in [-0.1, -0.05) is 31.4 Å². The van der Waals surface area contributed by atoms with E-state index in [2.05, 4.69) is 10.5 Å². The van der Waals surface area contributed by atoms with Gasteiger partial charge in [-0.2, -0.15) is 18.3 Å². The number of halogens is 3. The second-order valence-corrected chi connectivity index (χ2v) is 5.19. The van der Waals surface area contributed by atoms with Gasteiger partial charge < -0.3 is 0 Å². The molecule has 21 heavy (non-hydrogen) atoms. The molecule has 0 aromatic heterocycles. The summed E-state index contributed by atoms with van der Waals surface area (Å²) >= 11 is 0. The Hall–Kier alpha value is -1.85. The third-order valence-electron chi connectivity index (χ3n) is 3.58. The fourth-order valence-corrected chi connectivity index (χ4v) is 2.42. The Balaban J connectivity index is 1.93. The topological polar surface area (TPSA) is 41.5 Å². The number of amides is 1. The van der Waals surface area contributed by atoms with E-state index in [1.807, 2.05) is 0 Å². The van der Waals surface area contributed by atoms with Gasteiger partial charge in [0.1, 0.15) is 0 Å². The Bertz CT molecular complexity index is 520. The Morgan fingerprint density at radius 2 is 1.95 bits per heavy atom. The van der Waals surface area contributed by atoms with Crippen LogP contribution in [-0.2, 0) is 11.0 Å². The third kappa shape index (κ3) is 4.58. The summed E-state index contributed by atoms with van der Waals surface area (Å²) in [5.41, 5.74) is 1.98. The number of carbonyl (C=O) groups is 1. The molecule has 1 aliphatic carbocycles. The minimum atomic E-state index is -4.38. The summed E-state index contributed by atoms with van der Waals surface area (Å²) in [6, 6.07) is 4.81. The predicted molar refractivity (Wildman–Crippen MR) is 73.8 cm³/mol. The molecule has 0 heterocycles. The lowest BCUT2D eigenvalue weighted by atomic mass is 9.89. The summed E-state index contributed by atoms with van der Waals surface area (Å²) in [6.07, 6.45) is 1.78. The lowest BCUT2D eigenvalue weighted by molar-refractivity contribution is -0.137. The Morgan fingerprint density at radius 1 is 1.24 bits per heavy atom. The molecule has 0 bridgehead atoms. The summed E-state index contributed by atoms with van der Waals surface area (Å²) in [7, 11) is 0. The molecule has 0 radical (unpaired) electrons. The van der Waals surface area contributed by atoms with E-state index in [1.54, 1.807) is 0 Å². The van der Waals surface area contributed by atoms with Gasteiger partial charge in [-0.3, -0.25) is 4.79 Å². The van der Waals surface area contributed by atoms with Crippen molar-refractivity contribution in [2.45, 2.75) is 38.3 Å². The van der Waals surface area contributed by atoms with E-state index < -0.39 is 11.7 Å². The fraction of sp³-hybridized carbons (Fsp3) is 0.467. The van der Waals surface area contributed by atoms with Crippen molar-refractivity contribution in [2.75, 3.05) is 0 Å². The van der Waals surface area contributed by atoms with Crippen LogP contribution in [-0.4, -0.2) is 12.1 Å². The molecule has 6 heteroatoms. The zero-order chi connectivity index (χ0) is 15.3. The molecule has 0 unspecified atom stereocenters. The highest BCUT2D eigenvalue weighted by Crippen LogP contribution is 2.29. The van der Waals surface area contributed by atoms with Gasteiger partial charge in [0.15, 0.2) is 0 Å². The molecule has 0 atom stereocenters. The van der Waals surface area contributed by atoms with Gasteiger partial charge in [0.2, 0.25) is 5.91 Å². The van der Waals surface area contributed by atoms with Crippen molar-refractivity contribution in [3.05, 3.63) is 35.4 Å². The summed E-state index contributed by atoms with van der Waals surface area (Å²) < 4.78 is 37.6. The number of hydrazone groups is 1. The van der Waals surface area contributed by atoms with Crippen LogP contribution in [0.25, 0.3) is 0 Å². The number of nitrogens with one attached hydrogen (secondary N) is 1. The van der Waals surface area contributed by atoms with Gasteiger partial charge in [0.05, 0.1) is 11.8 Å².